The van der Waals surface area contributed by atoms with Crippen LogP contribution in [-0.4, -0.2) is 23.0 Å². The number of carbonyl (C=O) groups is 1. The smallest absolute Gasteiger partial charge is 0.231 e. The number of phenols is 1. The van der Waals surface area contributed by atoms with Crippen LogP contribution in [0.25, 0.3) is 28.2 Å². The van der Waals surface area contributed by atoms with Crippen molar-refractivity contribution in [2.24, 2.45) is 0 Å². The lowest BCUT2D eigenvalue weighted by Gasteiger charge is -2.03. The molecular weight excluding hydrogens is 366 g/mol. The zero-order valence-corrected chi connectivity index (χ0v) is 15.6. The summed E-state index contributed by atoms with van der Waals surface area (Å²) in [5, 5.41) is 10.6. The first kappa shape index (κ1) is 17.1. The van der Waals surface area contributed by atoms with Crippen molar-refractivity contribution >= 4 is 22.8 Å². The van der Waals surface area contributed by atoms with Crippen molar-refractivity contribution in [3.05, 3.63) is 83.6 Å². The highest BCUT2D eigenvalue weighted by molar-refractivity contribution is 6.15. The maximum absolute atomic E-state index is 12.8. The van der Waals surface area contributed by atoms with Gasteiger partial charge in [-0.3, -0.25) is 4.79 Å². The molecule has 1 aliphatic heterocycles. The van der Waals surface area contributed by atoms with Crippen molar-refractivity contribution in [1.82, 2.24) is 4.98 Å². The van der Waals surface area contributed by atoms with Crippen LogP contribution in [0.4, 0.5) is 0 Å². The number of rotatable bonds is 3. The molecule has 142 valence electrons. The van der Waals surface area contributed by atoms with Gasteiger partial charge < -0.3 is 19.6 Å². The fourth-order valence-corrected chi connectivity index (χ4v) is 3.61. The topological polar surface area (TPSA) is 71.6 Å². The van der Waals surface area contributed by atoms with Gasteiger partial charge in [-0.15, -0.1) is 0 Å². The number of methoxy groups -OCH3 is 1. The predicted molar refractivity (Wildman–Crippen MR) is 111 cm³/mol. The molecule has 0 saturated heterocycles. The Bertz CT molecular complexity index is 1290. The Kier molecular flexibility index (Phi) is 3.88. The molecule has 2 N–H and O–H groups in total. The number of aromatic hydroxyl groups is 1. The molecule has 5 heteroatoms. The highest BCUT2D eigenvalue weighted by atomic mass is 16.5. The van der Waals surface area contributed by atoms with E-state index in [1.54, 1.807) is 19.3 Å². The molecule has 0 saturated carbocycles. The van der Waals surface area contributed by atoms with E-state index in [2.05, 4.69) is 4.98 Å². The third-order valence-corrected chi connectivity index (χ3v) is 5.04. The van der Waals surface area contributed by atoms with Crippen LogP contribution in [0.15, 0.2) is 72.5 Å². The molecule has 0 atom stereocenters. The van der Waals surface area contributed by atoms with Gasteiger partial charge in [0.2, 0.25) is 5.78 Å². The molecule has 0 aliphatic carbocycles. The molecule has 0 amide bonds. The number of aromatic nitrogens is 1. The average molecular weight is 383 g/mol. The molecule has 0 fully saturated rings. The summed E-state index contributed by atoms with van der Waals surface area (Å²) < 4.78 is 11.2. The maximum atomic E-state index is 12.8. The number of allylic oxidation sites excluding steroid dienone is 1. The summed E-state index contributed by atoms with van der Waals surface area (Å²) in [7, 11) is 1.62. The molecule has 4 aromatic rings. The molecule has 1 aliphatic rings. The quantitative estimate of drug-likeness (QED) is 0.479. The molecule has 2 heterocycles. The summed E-state index contributed by atoms with van der Waals surface area (Å²) in [5.41, 5.74) is 4.09. The fourth-order valence-electron chi connectivity index (χ4n) is 3.61. The van der Waals surface area contributed by atoms with Gasteiger partial charge in [0.1, 0.15) is 17.2 Å². The van der Waals surface area contributed by atoms with Gasteiger partial charge in [0.05, 0.1) is 18.4 Å². The van der Waals surface area contributed by atoms with Crippen molar-refractivity contribution in [3.63, 3.8) is 0 Å². The number of aromatic amines is 1. The fraction of sp³-hybridized carbons (Fsp3) is 0.0417. The van der Waals surface area contributed by atoms with E-state index in [1.165, 1.54) is 12.1 Å². The molecule has 5 rings (SSSR count). The largest absolute Gasteiger partial charge is 0.508 e. The van der Waals surface area contributed by atoms with E-state index in [4.69, 9.17) is 9.47 Å². The molecule has 0 bridgehead atoms. The minimum absolute atomic E-state index is 0.0552. The normalized spacial score (nSPS) is 14.2. The summed E-state index contributed by atoms with van der Waals surface area (Å²) in [6, 6.07) is 20.2. The lowest BCUT2D eigenvalue weighted by atomic mass is 10.0. The van der Waals surface area contributed by atoms with E-state index in [0.29, 0.717) is 11.3 Å². The molecular formula is C24H17NO4. The summed E-state index contributed by atoms with van der Waals surface area (Å²) in [6.45, 7) is 0. The van der Waals surface area contributed by atoms with Gasteiger partial charge in [0.25, 0.3) is 0 Å². The minimum atomic E-state index is -0.212. The SMILES string of the molecule is COc1ccc2[nH]c(-c3ccccc3)c(/C=C3\Oc4cc(O)ccc4C3=O)c2c1. The van der Waals surface area contributed by atoms with E-state index in [0.717, 1.165) is 33.5 Å². The Morgan fingerprint density at radius 2 is 1.86 bits per heavy atom. The number of fused-ring (bicyclic) bond motifs is 2. The van der Waals surface area contributed by atoms with Gasteiger partial charge in [0, 0.05) is 22.5 Å². The van der Waals surface area contributed by atoms with Gasteiger partial charge in [0.15, 0.2) is 5.76 Å². The Hall–Kier alpha value is -3.99. The van der Waals surface area contributed by atoms with Gasteiger partial charge in [-0.25, -0.2) is 0 Å². The van der Waals surface area contributed by atoms with E-state index in [-0.39, 0.29) is 17.3 Å². The van der Waals surface area contributed by atoms with Crippen LogP contribution in [-0.2, 0) is 0 Å². The second kappa shape index (κ2) is 6.56. The highest BCUT2D eigenvalue weighted by Gasteiger charge is 2.28. The lowest BCUT2D eigenvalue weighted by Crippen LogP contribution is -1.98. The van der Waals surface area contributed by atoms with Crippen molar-refractivity contribution in [3.8, 4) is 28.5 Å². The standard InChI is InChI=1S/C24H17NO4/c1-28-16-8-10-20-18(12-16)19(23(25-20)14-5-3-2-4-6-14)13-22-24(27)17-9-7-15(26)11-21(17)29-22/h2-13,25-26H,1H3/b22-13-. The van der Waals surface area contributed by atoms with Crippen LogP contribution in [0.5, 0.6) is 17.2 Å². The lowest BCUT2D eigenvalue weighted by molar-refractivity contribution is 0.101. The molecule has 1 aromatic heterocycles. The first-order valence-electron chi connectivity index (χ1n) is 9.16. The summed E-state index contributed by atoms with van der Waals surface area (Å²) >= 11 is 0. The number of ketones is 1. The third-order valence-electron chi connectivity index (χ3n) is 5.04. The molecule has 5 nitrogen and oxygen atoms in total. The molecule has 3 aromatic carbocycles. The molecule has 0 radical (unpaired) electrons. The minimum Gasteiger partial charge on any atom is -0.508 e. The summed E-state index contributed by atoms with van der Waals surface area (Å²) in [4.78, 5) is 16.3. The van der Waals surface area contributed by atoms with Crippen LogP contribution in [0.1, 0.15) is 15.9 Å². The van der Waals surface area contributed by atoms with Crippen molar-refractivity contribution in [2.75, 3.05) is 7.11 Å². The third kappa shape index (κ3) is 2.84. The van der Waals surface area contributed by atoms with E-state index in [9.17, 15) is 9.90 Å². The number of ether oxygens (including phenoxy) is 2. The number of nitrogens with one attached hydrogen (secondary N) is 1. The highest BCUT2D eigenvalue weighted by Crippen LogP contribution is 2.38. The Balaban J connectivity index is 1.71. The molecule has 0 unspecified atom stereocenters. The Morgan fingerprint density at radius 1 is 1.03 bits per heavy atom. The van der Waals surface area contributed by atoms with Crippen LogP contribution in [0, 0.1) is 0 Å². The van der Waals surface area contributed by atoms with E-state index in [1.807, 2.05) is 48.5 Å². The number of carbonyl (C=O) groups excluding carboxylic acids is 1. The number of phenolic OH excluding ortho intramolecular Hbond substituents is 1. The second-order valence-corrected chi connectivity index (χ2v) is 6.81. The van der Waals surface area contributed by atoms with Crippen LogP contribution < -0.4 is 9.47 Å². The van der Waals surface area contributed by atoms with Crippen molar-refractivity contribution < 1.29 is 19.4 Å². The van der Waals surface area contributed by atoms with Crippen LogP contribution >= 0.6 is 0 Å². The number of H-pyrrole nitrogens is 1. The van der Waals surface area contributed by atoms with E-state index < -0.39 is 0 Å². The van der Waals surface area contributed by atoms with Crippen molar-refractivity contribution in [1.29, 1.82) is 0 Å². The molecule has 29 heavy (non-hydrogen) atoms. The van der Waals surface area contributed by atoms with Gasteiger partial charge in [-0.2, -0.15) is 0 Å². The Labute approximate surface area is 166 Å². The van der Waals surface area contributed by atoms with Crippen molar-refractivity contribution in [2.45, 2.75) is 0 Å². The first-order chi connectivity index (χ1) is 14.1. The predicted octanol–water partition coefficient (Wildman–Crippen LogP) is 5.17. The summed E-state index contributed by atoms with van der Waals surface area (Å²) in [5.74, 6) is 1.14. The zero-order chi connectivity index (χ0) is 20.0. The van der Waals surface area contributed by atoms with E-state index >= 15 is 0 Å². The molecule has 0 spiro atoms. The van der Waals surface area contributed by atoms with Gasteiger partial charge in [-0.05, 0) is 42.0 Å². The number of benzene rings is 3. The Morgan fingerprint density at radius 3 is 2.66 bits per heavy atom. The van der Waals surface area contributed by atoms with Gasteiger partial charge in [-0.1, -0.05) is 30.3 Å². The van der Waals surface area contributed by atoms with Crippen LogP contribution in [0.2, 0.25) is 0 Å². The van der Waals surface area contributed by atoms with Gasteiger partial charge >= 0.3 is 0 Å². The maximum Gasteiger partial charge on any atom is 0.231 e. The van der Waals surface area contributed by atoms with Crippen LogP contribution in [0.3, 0.4) is 0 Å². The average Bonchev–Trinajstić information content (AvgIpc) is 3.26. The second-order valence-electron chi connectivity index (χ2n) is 6.81. The first-order valence-corrected chi connectivity index (χ1v) is 9.16. The summed E-state index contributed by atoms with van der Waals surface area (Å²) in [6.07, 6.45) is 1.75. The number of Topliss-reactive ketones (excluding diaryl/α,β-unsaturated/α-hetero) is 1. The number of hydrogen-bond acceptors (Lipinski definition) is 4. The number of hydrogen-bond donors (Lipinski definition) is 2. The monoisotopic (exact) mass is 383 g/mol. The zero-order valence-electron chi connectivity index (χ0n) is 15.6.